The molecule has 2 rings (SSSR count). The highest BCUT2D eigenvalue weighted by Crippen LogP contribution is 2.41. The molecule has 1 heterocycles. The standard InChI is InChI=1S/C9H7ClF2O3/c10-5-13-4-6-1-2-7-8(3-6)15-9(11,12)14-7/h1-3H,4-5H2. The van der Waals surface area contributed by atoms with Crippen LogP contribution in [-0.2, 0) is 11.3 Å². The van der Waals surface area contributed by atoms with Crippen molar-refractivity contribution in [3.05, 3.63) is 23.8 Å². The molecular weight excluding hydrogens is 230 g/mol. The molecule has 0 unspecified atom stereocenters. The van der Waals surface area contributed by atoms with E-state index in [0.717, 1.165) is 0 Å². The fraction of sp³-hybridized carbons (Fsp3) is 0.333. The second-order valence-corrected chi connectivity index (χ2v) is 3.12. The van der Waals surface area contributed by atoms with Crippen LogP contribution in [0.2, 0.25) is 0 Å². The summed E-state index contributed by atoms with van der Waals surface area (Å²) in [6, 6.07) is 4.49. The molecule has 0 aliphatic carbocycles. The number of rotatable bonds is 3. The van der Waals surface area contributed by atoms with Crippen LogP contribution >= 0.6 is 11.6 Å². The SMILES string of the molecule is FC1(F)Oc2ccc(COCCl)cc2O1. The normalized spacial score (nSPS) is 16.7. The van der Waals surface area contributed by atoms with Gasteiger partial charge in [0, 0.05) is 0 Å². The molecule has 0 spiro atoms. The number of ether oxygens (including phenoxy) is 3. The Morgan fingerprint density at radius 3 is 2.73 bits per heavy atom. The number of benzene rings is 1. The lowest BCUT2D eigenvalue weighted by Gasteiger charge is -2.04. The van der Waals surface area contributed by atoms with Gasteiger partial charge in [-0.15, -0.1) is 8.78 Å². The van der Waals surface area contributed by atoms with Crippen LogP contribution < -0.4 is 9.47 Å². The maximum absolute atomic E-state index is 12.6. The van der Waals surface area contributed by atoms with Gasteiger partial charge in [-0.2, -0.15) is 0 Å². The van der Waals surface area contributed by atoms with Crippen molar-refractivity contribution in [2.45, 2.75) is 12.9 Å². The maximum atomic E-state index is 12.6. The zero-order valence-electron chi connectivity index (χ0n) is 7.50. The highest BCUT2D eigenvalue weighted by atomic mass is 35.5. The van der Waals surface area contributed by atoms with Gasteiger partial charge in [-0.05, 0) is 17.7 Å². The Morgan fingerprint density at radius 1 is 1.27 bits per heavy atom. The molecule has 0 radical (unpaired) electrons. The third kappa shape index (κ3) is 2.30. The first-order chi connectivity index (χ1) is 7.11. The van der Waals surface area contributed by atoms with E-state index in [-0.39, 0.29) is 24.2 Å². The number of hydrogen-bond acceptors (Lipinski definition) is 3. The van der Waals surface area contributed by atoms with Crippen LogP contribution in [0.25, 0.3) is 0 Å². The molecule has 3 nitrogen and oxygen atoms in total. The number of halogens is 3. The van der Waals surface area contributed by atoms with E-state index < -0.39 is 6.29 Å². The third-order valence-corrected chi connectivity index (χ3v) is 1.97. The van der Waals surface area contributed by atoms with Gasteiger partial charge < -0.3 is 14.2 Å². The van der Waals surface area contributed by atoms with Crippen LogP contribution in [-0.4, -0.2) is 12.4 Å². The minimum Gasteiger partial charge on any atom is -0.395 e. The lowest BCUT2D eigenvalue weighted by molar-refractivity contribution is -0.286. The van der Waals surface area contributed by atoms with Crippen LogP contribution in [0.1, 0.15) is 5.56 Å². The van der Waals surface area contributed by atoms with Gasteiger partial charge in [-0.1, -0.05) is 17.7 Å². The van der Waals surface area contributed by atoms with E-state index in [9.17, 15) is 8.78 Å². The molecule has 1 aliphatic rings. The molecular formula is C9H7ClF2O3. The summed E-state index contributed by atoms with van der Waals surface area (Å²) in [6.45, 7) is 0.242. The van der Waals surface area contributed by atoms with Crippen LogP contribution in [0.15, 0.2) is 18.2 Å². The van der Waals surface area contributed by atoms with Crippen molar-refractivity contribution in [3.63, 3.8) is 0 Å². The molecule has 6 heteroatoms. The predicted octanol–water partition coefficient (Wildman–Crippen LogP) is 2.72. The maximum Gasteiger partial charge on any atom is 0.586 e. The van der Waals surface area contributed by atoms with Crippen molar-refractivity contribution in [2.24, 2.45) is 0 Å². The lowest BCUT2D eigenvalue weighted by atomic mass is 10.2. The fourth-order valence-corrected chi connectivity index (χ4v) is 1.32. The number of hydrogen-bond donors (Lipinski definition) is 0. The lowest BCUT2D eigenvalue weighted by Crippen LogP contribution is -2.25. The number of alkyl halides is 3. The molecule has 1 aliphatic heterocycles. The van der Waals surface area contributed by atoms with Gasteiger partial charge in [-0.25, -0.2) is 0 Å². The molecule has 1 aromatic rings. The van der Waals surface area contributed by atoms with Crippen molar-refractivity contribution in [3.8, 4) is 11.5 Å². The second-order valence-electron chi connectivity index (χ2n) is 2.91. The largest absolute Gasteiger partial charge is 0.586 e. The highest BCUT2D eigenvalue weighted by Gasteiger charge is 2.43. The second kappa shape index (κ2) is 3.83. The minimum atomic E-state index is -3.58. The van der Waals surface area contributed by atoms with Crippen LogP contribution in [0.5, 0.6) is 11.5 Å². The van der Waals surface area contributed by atoms with Crippen LogP contribution in [0.3, 0.4) is 0 Å². The smallest absolute Gasteiger partial charge is 0.395 e. The molecule has 0 bridgehead atoms. The zero-order valence-corrected chi connectivity index (χ0v) is 8.26. The summed E-state index contributed by atoms with van der Waals surface area (Å²) in [5.41, 5.74) is 0.690. The average molecular weight is 237 g/mol. The molecule has 82 valence electrons. The van der Waals surface area contributed by atoms with Crippen molar-refractivity contribution < 1.29 is 23.0 Å². The minimum absolute atomic E-state index is 0.00988. The first-order valence-electron chi connectivity index (χ1n) is 4.13. The van der Waals surface area contributed by atoms with Crippen LogP contribution in [0, 0.1) is 0 Å². The molecule has 15 heavy (non-hydrogen) atoms. The van der Waals surface area contributed by atoms with Crippen molar-refractivity contribution in [1.82, 2.24) is 0 Å². The molecule has 0 fully saturated rings. The van der Waals surface area contributed by atoms with Crippen LogP contribution in [0.4, 0.5) is 8.78 Å². The summed E-state index contributed by atoms with van der Waals surface area (Å²) >= 11 is 5.32. The zero-order chi connectivity index (χ0) is 10.9. The molecule has 0 saturated carbocycles. The number of fused-ring (bicyclic) bond motifs is 1. The van der Waals surface area contributed by atoms with Gasteiger partial charge in [0.2, 0.25) is 0 Å². The van der Waals surface area contributed by atoms with Gasteiger partial charge >= 0.3 is 6.29 Å². The summed E-state index contributed by atoms with van der Waals surface area (Å²) in [7, 11) is 0. The van der Waals surface area contributed by atoms with E-state index in [4.69, 9.17) is 16.3 Å². The first-order valence-corrected chi connectivity index (χ1v) is 4.67. The van der Waals surface area contributed by atoms with E-state index in [1.54, 1.807) is 6.07 Å². The summed E-state index contributed by atoms with van der Waals surface area (Å²) in [5, 5.41) is 0. The van der Waals surface area contributed by atoms with Crippen molar-refractivity contribution in [1.29, 1.82) is 0 Å². The van der Waals surface area contributed by atoms with E-state index in [2.05, 4.69) is 9.47 Å². The topological polar surface area (TPSA) is 27.7 Å². The van der Waals surface area contributed by atoms with Crippen molar-refractivity contribution in [2.75, 3.05) is 6.07 Å². The predicted molar refractivity (Wildman–Crippen MR) is 48.2 cm³/mol. The Hall–Kier alpha value is -1.07. The average Bonchev–Trinajstić information content (AvgIpc) is 2.47. The Balaban J connectivity index is 2.15. The Bertz CT molecular complexity index is 370. The molecule has 0 aromatic heterocycles. The Labute approximate surface area is 89.5 Å². The van der Waals surface area contributed by atoms with Gasteiger partial charge in [0.25, 0.3) is 0 Å². The quantitative estimate of drug-likeness (QED) is 0.756. The van der Waals surface area contributed by atoms with E-state index >= 15 is 0 Å². The highest BCUT2D eigenvalue weighted by molar-refractivity contribution is 6.17. The van der Waals surface area contributed by atoms with E-state index in [1.807, 2.05) is 0 Å². The summed E-state index contributed by atoms with van der Waals surface area (Å²) in [4.78, 5) is 0. The van der Waals surface area contributed by atoms with E-state index in [1.165, 1.54) is 12.1 Å². The Morgan fingerprint density at radius 2 is 2.00 bits per heavy atom. The summed E-state index contributed by atoms with van der Waals surface area (Å²) < 4.78 is 38.7. The first kappa shape index (κ1) is 10.4. The fourth-order valence-electron chi connectivity index (χ4n) is 1.24. The van der Waals surface area contributed by atoms with Gasteiger partial charge in [0.05, 0.1) is 6.61 Å². The third-order valence-electron chi connectivity index (χ3n) is 1.81. The van der Waals surface area contributed by atoms with Gasteiger partial charge in [0.15, 0.2) is 11.5 Å². The molecule has 0 amide bonds. The summed E-state index contributed by atoms with van der Waals surface area (Å²) in [5.74, 6) is 0.0327. The molecule has 1 aromatic carbocycles. The van der Waals surface area contributed by atoms with Gasteiger partial charge in [-0.3, -0.25) is 0 Å². The van der Waals surface area contributed by atoms with E-state index in [0.29, 0.717) is 5.56 Å². The molecule has 0 N–H and O–H groups in total. The summed E-state index contributed by atoms with van der Waals surface area (Å²) in [6.07, 6.45) is -3.58. The monoisotopic (exact) mass is 236 g/mol. The van der Waals surface area contributed by atoms with Gasteiger partial charge in [0.1, 0.15) is 6.07 Å². The molecule has 0 atom stereocenters. The Kier molecular flexibility index (Phi) is 2.67. The van der Waals surface area contributed by atoms with Crippen molar-refractivity contribution >= 4 is 11.6 Å². The molecule has 0 saturated heterocycles.